The van der Waals surface area contributed by atoms with E-state index < -0.39 is 0 Å². The molecular weight excluding hydrogens is 226 g/mol. The summed E-state index contributed by atoms with van der Waals surface area (Å²) in [6.07, 6.45) is 1.87. The Hall–Kier alpha value is -2.03. The molecule has 18 heavy (non-hydrogen) atoms. The molecule has 1 aliphatic heterocycles. The van der Waals surface area contributed by atoms with Crippen molar-refractivity contribution in [3.05, 3.63) is 41.6 Å². The third-order valence-electron chi connectivity index (χ3n) is 3.54. The highest BCUT2D eigenvalue weighted by atomic mass is 16.5. The highest BCUT2D eigenvalue weighted by molar-refractivity contribution is 6.22. The van der Waals surface area contributed by atoms with Crippen LogP contribution in [0.5, 0.6) is 0 Å². The number of hydrogen-bond acceptors (Lipinski definition) is 2. The lowest BCUT2D eigenvalue weighted by atomic mass is 10.0. The number of benzene rings is 1. The molecule has 1 aliphatic rings. The standard InChI is InChI=1S/C15H15NO2/c1-3-16-10(2)14(12-8-9-18-15(12)17)11-6-4-5-7-13(11)16/h4-8H,3,9H2,1-2H3. The summed E-state index contributed by atoms with van der Waals surface area (Å²) in [4.78, 5) is 11.8. The summed E-state index contributed by atoms with van der Waals surface area (Å²) in [6.45, 7) is 5.46. The van der Waals surface area contributed by atoms with Crippen LogP contribution in [0.4, 0.5) is 0 Å². The second kappa shape index (κ2) is 4.02. The summed E-state index contributed by atoms with van der Waals surface area (Å²) in [7, 11) is 0. The molecule has 0 amide bonds. The van der Waals surface area contributed by atoms with Crippen LogP contribution in [0.25, 0.3) is 16.5 Å². The predicted octanol–water partition coefficient (Wildman–Crippen LogP) is 2.91. The second-order valence-electron chi connectivity index (χ2n) is 4.44. The number of aromatic nitrogens is 1. The first-order valence-electron chi connectivity index (χ1n) is 6.19. The van der Waals surface area contributed by atoms with Gasteiger partial charge in [0, 0.05) is 28.7 Å². The third-order valence-corrected chi connectivity index (χ3v) is 3.54. The van der Waals surface area contributed by atoms with E-state index in [4.69, 9.17) is 4.74 Å². The Morgan fingerprint density at radius 1 is 1.33 bits per heavy atom. The van der Waals surface area contributed by atoms with Gasteiger partial charge in [0.1, 0.15) is 6.61 Å². The number of para-hydroxylation sites is 1. The van der Waals surface area contributed by atoms with Crippen molar-refractivity contribution in [3.63, 3.8) is 0 Å². The number of hydrogen-bond donors (Lipinski definition) is 0. The van der Waals surface area contributed by atoms with Gasteiger partial charge in [-0.3, -0.25) is 0 Å². The smallest absolute Gasteiger partial charge is 0.338 e. The number of ether oxygens (including phenoxy) is 1. The van der Waals surface area contributed by atoms with E-state index in [1.54, 1.807) is 0 Å². The number of carbonyl (C=O) groups excluding carboxylic acids is 1. The molecule has 0 saturated carbocycles. The van der Waals surface area contributed by atoms with Crippen molar-refractivity contribution < 1.29 is 9.53 Å². The van der Waals surface area contributed by atoms with E-state index in [2.05, 4.69) is 30.5 Å². The Balaban J connectivity index is 2.35. The Morgan fingerprint density at radius 3 is 2.78 bits per heavy atom. The van der Waals surface area contributed by atoms with Gasteiger partial charge in [-0.05, 0) is 26.0 Å². The summed E-state index contributed by atoms with van der Waals surface area (Å²) in [6, 6.07) is 8.19. The van der Waals surface area contributed by atoms with Crippen LogP contribution in [0.3, 0.4) is 0 Å². The number of rotatable bonds is 2. The van der Waals surface area contributed by atoms with Crippen molar-refractivity contribution in [3.8, 4) is 0 Å². The van der Waals surface area contributed by atoms with E-state index in [-0.39, 0.29) is 5.97 Å². The predicted molar refractivity (Wildman–Crippen MR) is 71.3 cm³/mol. The Labute approximate surface area is 106 Å². The normalized spacial score (nSPS) is 15.0. The lowest BCUT2D eigenvalue weighted by molar-refractivity contribution is -0.133. The minimum atomic E-state index is -0.211. The van der Waals surface area contributed by atoms with Crippen molar-refractivity contribution in [2.45, 2.75) is 20.4 Å². The Morgan fingerprint density at radius 2 is 2.11 bits per heavy atom. The van der Waals surface area contributed by atoms with Gasteiger partial charge in [0.05, 0.1) is 5.57 Å². The first-order valence-corrected chi connectivity index (χ1v) is 6.19. The number of esters is 1. The molecule has 0 bridgehead atoms. The fourth-order valence-electron chi connectivity index (χ4n) is 2.74. The van der Waals surface area contributed by atoms with Crippen LogP contribution in [0.15, 0.2) is 30.3 Å². The van der Waals surface area contributed by atoms with E-state index in [0.29, 0.717) is 12.2 Å². The van der Waals surface area contributed by atoms with E-state index in [1.807, 2.05) is 18.2 Å². The molecule has 0 N–H and O–H groups in total. The average molecular weight is 241 g/mol. The summed E-state index contributed by atoms with van der Waals surface area (Å²) in [5.74, 6) is -0.211. The van der Waals surface area contributed by atoms with Crippen LogP contribution in [-0.4, -0.2) is 17.1 Å². The third kappa shape index (κ3) is 1.40. The van der Waals surface area contributed by atoms with E-state index in [1.165, 1.54) is 5.52 Å². The number of aryl methyl sites for hydroxylation is 1. The topological polar surface area (TPSA) is 31.2 Å². The lowest BCUT2D eigenvalue weighted by Gasteiger charge is -2.04. The fourth-order valence-corrected chi connectivity index (χ4v) is 2.74. The molecule has 0 spiro atoms. The maximum Gasteiger partial charge on any atom is 0.338 e. The van der Waals surface area contributed by atoms with Crippen LogP contribution >= 0.6 is 0 Å². The maximum atomic E-state index is 11.8. The van der Waals surface area contributed by atoms with E-state index >= 15 is 0 Å². The molecule has 0 radical (unpaired) electrons. The van der Waals surface area contributed by atoms with Crippen LogP contribution in [0, 0.1) is 6.92 Å². The van der Waals surface area contributed by atoms with Gasteiger partial charge in [-0.25, -0.2) is 4.79 Å². The average Bonchev–Trinajstić information content (AvgIpc) is 2.90. The SMILES string of the molecule is CCn1c(C)c(C2=CCOC2=O)c2ccccc21. The van der Waals surface area contributed by atoms with Crippen molar-refractivity contribution in [1.82, 2.24) is 4.57 Å². The van der Waals surface area contributed by atoms with E-state index in [9.17, 15) is 4.79 Å². The first-order chi connectivity index (χ1) is 8.74. The molecule has 0 saturated heterocycles. The van der Waals surface area contributed by atoms with Crippen LogP contribution in [-0.2, 0) is 16.1 Å². The molecule has 0 unspecified atom stereocenters. The molecule has 1 aromatic heterocycles. The van der Waals surface area contributed by atoms with Gasteiger partial charge in [0.15, 0.2) is 0 Å². The first kappa shape index (κ1) is 11.1. The monoisotopic (exact) mass is 241 g/mol. The van der Waals surface area contributed by atoms with Crippen LogP contribution < -0.4 is 0 Å². The fraction of sp³-hybridized carbons (Fsp3) is 0.267. The maximum absolute atomic E-state index is 11.8. The van der Waals surface area contributed by atoms with Crippen molar-refractivity contribution >= 4 is 22.4 Å². The molecule has 92 valence electrons. The minimum Gasteiger partial charge on any atom is -0.458 e. The molecule has 2 heterocycles. The van der Waals surface area contributed by atoms with Gasteiger partial charge in [-0.1, -0.05) is 18.2 Å². The van der Waals surface area contributed by atoms with Crippen LogP contribution in [0.1, 0.15) is 18.2 Å². The molecule has 3 rings (SSSR count). The van der Waals surface area contributed by atoms with Gasteiger partial charge < -0.3 is 9.30 Å². The molecule has 0 fully saturated rings. The zero-order valence-corrected chi connectivity index (χ0v) is 10.6. The van der Waals surface area contributed by atoms with Gasteiger partial charge in [-0.2, -0.15) is 0 Å². The van der Waals surface area contributed by atoms with Crippen LogP contribution in [0.2, 0.25) is 0 Å². The number of cyclic esters (lactones) is 1. The summed E-state index contributed by atoms with van der Waals surface area (Å²) >= 11 is 0. The molecular formula is C15H15NO2. The quantitative estimate of drug-likeness (QED) is 0.757. The summed E-state index contributed by atoms with van der Waals surface area (Å²) in [5.41, 5.74) is 4.03. The molecule has 0 aliphatic carbocycles. The summed E-state index contributed by atoms with van der Waals surface area (Å²) < 4.78 is 7.26. The zero-order valence-electron chi connectivity index (χ0n) is 10.6. The molecule has 3 nitrogen and oxygen atoms in total. The largest absolute Gasteiger partial charge is 0.458 e. The number of fused-ring (bicyclic) bond motifs is 1. The van der Waals surface area contributed by atoms with Gasteiger partial charge in [-0.15, -0.1) is 0 Å². The van der Waals surface area contributed by atoms with Gasteiger partial charge in [0.25, 0.3) is 0 Å². The Bertz CT molecular complexity index is 664. The zero-order chi connectivity index (χ0) is 12.7. The molecule has 2 aromatic rings. The van der Waals surface area contributed by atoms with Crippen molar-refractivity contribution in [1.29, 1.82) is 0 Å². The van der Waals surface area contributed by atoms with Gasteiger partial charge >= 0.3 is 5.97 Å². The molecule has 3 heteroatoms. The van der Waals surface area contributed by atoms with Crippen molar-refractivity contribution in [2.24, 2.45) is 0 Å². The Kier molecular flexibility index (Phi) is 2.47. The summed E-state index contributed by atoms with van der Waals surface area (Å²) in [5, 5.41) is 1.13. The highest BCUT2D eigenvalue weighted by Crippen LogP contribution is 2.33. The minimum absolute atomic E-state index is 0.211. The number of carbonyl (C=O) groups is 1. The van der Waals surface area contributed by atoms with E-state index in [0.717, 1.165) is 23.2 Å². The number of nitrogens with zero attached hydrogens (tertiary/aromatic N) is 1. The second-order valence-corrected chi connectivity index (χ2v) is 4.44. The molecule has 0 atom stereocenters. The highest BCUT2D eigenvalue weighted by Gasteiger charge is 2.24. The lowest BCUT2D eigenvalue weighted by Crippen LogP contribution is -2.01. The van der Waals surface area contributed by atoms with Crippen molar-refractivity contribution in [2.75, 3.05) is 6.61 Å². The molecule has 1 aromatic carbocycles. The van der Waals surface area contributed by atoms with Gasteiger partial charge in [0.2, 0.25) is 0 Å².